The molecular weight excluding hydrogens is 112 g/mol. The summed E-state index contributed by atoms with van der Waals surface area (Å²) in [6.45, 7) is 6.17. The molecular formula is C8H14O. The highest BCUT2D eigenvalue weighted by molar-refractivity contribution is 5.36. The van der Waals surface area contributed by atoms with Gasteiger partial charge in [0, 0.05) is 0 Å². The normalized spacial score (nSPS) is 21.0. The Morgan fingerprint density at radius 1 is 1.44 bits per heavy atom. The highest BCUT2D eigenvalue weighted by Gasteiger charge is 2.25. The van der Waals surface area contributed by atoms with Gasteiger partial charge < -0.3 is 5.11 Å². The zero-order chi connectivity index (χ0) is 7.02. The molecule has 0 aromatic heterocycles. The zero-order valence-electron chi connectivity index (χ0n) is 6.31. The third kappa shape index (κ3) is 1.33. The molecule has 0 aromatic carbocycles. The number of rotatable bonds is 2. The second kappa shape index (κ2) is 2.14. The van der Waals surface area contributed by atoms with Gasteiger partial charge in [-0.05, 0) is 24.8 Å². The van der Waals surface area contributed by atoms with Crippen molar-refractivity contribution in [3.8, 4) is 0 Å². The third-order valence-corrected chi connectivity index (χ3v) is 1.87. The maximum absolute atomic E-state index is 9.38. The summed E-state index contributed by atoms with van der Waals surface area (Å²) in [4.78, 5) is 0. The van der Waals surface area contributed by atoms with Crippen LogP contribution in [-0.2, 0) is 0 Å². The van der Waals surface area contributed by atoms with Crippen molar-refractivity contribution in [3.05, 3.63) is 11.1 Å². The zero-order valence-corrected chi connectivity index (χ0v) is 6.31. The summed E-state index contributed by atoms with van der Waals surface area (Å²) in [6.07, 6.45) is 0.907. The Hall–Kier alpha value is -0.300. The summed E-state index contributed by atoms with van der Waals surface area (Å²) in [6, 6.07) is 0. The van der Waals surface area contributed by atoms with E-state index in [0.29, 0.717) is 5.92 Å². The topological polar surface area (TPSA) is 20.2 Å². The highest BCUT2D eigenvalue weighted by Crippen LogP contribution is 2.35. The molecule has 0 fully saturated rings. The van der Waals surface area contributed by atoms with E-state index in [1.807, 2.05) is 13.8 Å². The average Bonchev–Trinajstić information content (AvgIpc) is 2.44. The number of hydrogen-bond acceptors (Lipinski definition) is 1. The lowest BCUT2D eigenvalue weighted by Crippen LogP contribution is -2.12. The van der Waals surface area contributed by atoms with Gasteiger partial charge in [-0.3, -0.25) is 0 Å². The van der Waals surface area contributed by atoms with E-state index in [-0.39, 0.29) is 6.10 Å². The van der Waals surface area contributed by atoms with Gasteiger partial charge in [0.05, 0.1) is 6.10 Å². The van der Waals surface area contributed by atoms with Gasteiger partial charge in [-0.15, -0.1) is 0 Å². The van der Waals surface area contributed by atoms with Gasteiger partial charge in [0.15, 0.2) is 0 Å². The lowest BCUT2D eigenvalue weighted by molar-refractivity contribution is 0.164. The first-order chi connectivity index (χ1) is 4.13. The lowest BCUT2D eigenvalue weighted by Gasteiger charge is -2.09. The summed E-state index contributed by atoms with van der Waals surface area (Å²) >= 11 is 0. The SMILES string of the molecule is CC1=C([C@H](O)C(C)C)C1. The van der Waals surface area contributed by atoms with Crippen molar-refractivity contribution >= 4 is 0 Å². The maximum atomic E-state index is 9.38. The first kappa shape index (κ1) is 6.81. The second-order valence-electron chi connectivity index (χ2n) is 3.17. The van der Waals surface area contributed by atoms with Crippen molar-refractivity contribution in [3.63, 3.8) is 0 Å². The van der Waals surface area contributed by atoms with Crippen LogP contribution in [0.1, 0.15) is 27.2 Å². The Balaban J connectivity index is 2.45. The first-order valence-electron chi connectivity index (χ1n) is 3.49. The van der Waals surface area contributed by atoms with Crippen LogP contribution < -0.4 is 0 Å². The molecule has 0 aromatic rings. The summed E-state index contributed by atoms with van der Waals surface area (Å²) in [5.74, 6) is 0.387. The fraction of sp³-hybridized carbons (Fsp3) is 0.750. The van der Waals surface area contributed by atoms with Crippen LogP contribution in [0.15, 0.2) is 11.1 Å². The van der Waals surface area contributed by atoms with Crippen LogP contribution in [0.2, 0.25) is 0 Å². The molecule has 0 saturated carbocycles. The highest BCUT2D eigenvalue weighted by atomic mass is 16.3. The summed E-state index contributed by atoms with van der Waals surface area (Å²) in [7, 11) is 0. The standard InChI is InChI=1S/C8H14O/c1-5(2)8(9)7-4-6(7)3/h5,8-9H,4H2,1-3H3/t8-/m1/s1. The minimum atomic E-state index is -0.162. The molecule has 0 unspecified atom stereocenters. The van der Waals surface area contributed by atoms with Crippen LogP contribution in [0.5, 0.6) is 0 Å². The summed E-state index contributed by atoms with van der Waals surface area (Å²) in [5, 5.41) is 9.38. The van der Waals surface area contributed by atoms with Gasteiger partial charge in [0.1, 0.15) is 0 Å². The van der Waals surface area contributed by atoms with Crippen LogP contribution in [0.25, 0.3) is 0 Å². The fourth-order valence-electron chi connectivity index (χ4n) is 1.00. The summed E-state index contributed by atoms with van der Waals surface area (Å²) in [5.41, 5.74) is 2.65. The molecule has 0 saturated heterocycles. The van der Waals surface area contributed by atoms with Crippen molar-refractivity contribution in [1.82, 2.24) is 0 Å². The minimum Gasteiger partial charge on any atom is -0.388 e. The van der Waals surface area contributed by atoms with Crippen molar-refractivity contribution in [1.29, 1.82) is 0 Å². The third-order valence-electron chi connectivity index (χ3n) is 1.87. The Labute approximate surface area is 56.4 Å². The van der Waals surface area contributed by atoms with Crippen LogP contribution in [0, 0.1) is 5.92 Å². The number of hydrogen-bond donors (Lipinski definition) is 1. The molecule has 0 spiro atoms. The molecule has 1 N–H and O–H groups in total. The molecule has 9 heavy (non-hydrogen) atoms. The van der Waals surface area contributed by atoms with E-state index in [2.05, 4.69) is 6.92 Å². The van der Waals surface area contributed by atoms with Gasteiger partial charge in [0.2, 0.25) is 0 Å². The lowest BCUT2D eigenvalue weighted by atomic mass is 10.1. The fourth-order valence-corrected chi connectivity index (χ4v) is 1.00. The maximum Gasteiger partial charge on any atom is 0.0778 e. The van der Waals surface area contributed by atoms with Crippen molar-refractivity contribution < 1.29 is 5.11 Å². The molecule has 0 amide bonds. The van der Waals surface area contributed by atoms with Gasteiger partial charge >= 0.3 is 0 Å². The summed E-state index contributed by atoms with van der Waals surface area (Å²) < 4.78 is 0. The predicted octanol–water partition coefficient (Wildman–Crippen LogP) is 1.72. The largest absolute Gasteiger partial charge is 0.388 e. The van der Waals surface area contributed by atoms with E-state index in [1.165, 1.54) is 11.1 Å². The molecule has 0 aliphatic heterocycles. The molecule has 0 bridgehead atoms. The van der Waals surface area contributed by atoms with Crippen molar-refractivity contribution in [2.45, 2.75) is 33.3 Å². The molecule has 1 rings (SSSR count). The van der Waals surface area contributed by atoms with Gasteiger partial charge in [-0.1, -0.05) is 19.4 Å². The van der Waals surface area contributed by atoms with Crippen LogP contribution in [-0.4, -0.2) is 11.2 Å². The van der Waals surface area contributed by atoms with Gasteiger partial charge in [-0.2, -0.15) is 0 Å². The van der Waals surface area contributed by atoms with Crippen LogP contribution >= 0.6 is 0 Å². The monoisotopic (exact) mass is 126 g/mol. The van der Waals surface area contributed by atoms with E-state index in [9.17, 15) is 5.11 Å². The molecule has 1 aliphatic rings. The number of allylic oxidation sites excluding steroid dienone is 1. The van der Waals surface area contributed by atoms with Crippen LogP contribution in [0.4, 0.5) is 0 Å². The first-order valence-corrected chi connectivity index (χ1v) is 3.49. The van der Waals surface area contributed by atoms with E-state index < -0.39 is 0 Å². The van der Waals surface area contributed by atoms with E-state index >= 15 is 0 Å². The average molecular weight is 126 g/mol. The molecule has 1 aliphatic carbocycles. The van der Waals surface area contributed by atoms with Crippen molar-refractivity contribution in [2.75, 3.05) is 0 Å². The smallest absolute Gasteiger partial charge is 0.0778 e. The minimum absolute atomic E-state index is 0.162. The van der Waals surface area contributed by atoms with Crippen LogP contribution in [0.3, 0.4) is 0 Å². The van der Waals surface area contributed by atoms with E-state index in [1.54, 1.807) is 0 Å². The van der Waals surface area contributed by atoms with Gasteiger partial charge in [0.25, 0.3) is 0 Å². The predicted molar refractivity (Wildman–Crippen MR) is 38.2 cm³/mol. The molecule has 0 radical (unpaired) electrons. The molecule has 0 heterocycles. The Kier molecular flexibility index (Phi) is 1.62. The molecule has 1 atom stereocenters. The number of aliphatic hydroxyl groups is 1. The molecule has 1 nitrogen and oxygen atoms in total. The number of aliphatic hydroxyl groups excluding tert-OH is 1. The quantitative estimate of drug-likeness (QED) is 0.558. The van der Waals surface area contributed by atoms with Gasteiger partial charge in [-0.25, -0.2) is 0 Å². The Morgan fingerprint density at radius 2 is 1.89 bits per heavy atom. The van der Waals surface area contributed by atoms with Crippen molar-refractivity contribution in [2.24, 2.45) is 5.92 Å². The molecule has 52 valence electrons. The second-order valence-corrected chi connectivity index (χ2v) is 3.17. The van der Waals surface area contributed by atoms with E-state index in [4.69, 9.17) is 0 Å². The Morgan fingerprint density at radius 3 is 2.00 bits per heavy atom. The van der Waals surface area contributed by atoms with E-state index in [0.717, 1.165) is 6.42 Å². The molecule has 1 heteroatoms. The Bertz CT molecular complexity index is 145.